The minimum absolute atomic E-state index is 0.0963. The van der Waals surface area contributed by atoms with Crippen LogP contribution < -0.4 is 5.32 Å². The smallest absolute Gasteiger partial charge is 0.293 e. The van der Waals surface area contributed by atoms with Crippen molar-refractivity contribution in [2.24, 2.45) is 5.92 Å². The van der Waals surface area contributed by atoms with Crippen LogP contribution in [0.5, 0.6) is 0 Å². The molecule has 0 aliphatic heterocycles. The zero-order valence-electron chi connectivity index (χ0n) is 10.3. The van der Waals surface area contributed by atoms with E-state index in [1.807, 2.05) is 13.0 Å². The highest BCUT2D eigenvalue weighted by Crippen LogP contribution is 2.27. The van der Waals surface area contributed by atoms with E-state index in [1.165, 1.54) is 12.8 Å². The summed E-state index contributed by atoms with van der Waals surface area (Å²) in [6.45, 7) is 3.05. The van der Waals surface area contributed by atoms with Crippen molar-refractivity contribution in [3.05, 3.63) is 29.1 Å². The molecule has 0 aromatic carbocycles. The van der Waals surface area contributed by atoms with Gasteiger partial charge in [0.05, 0.1) is 5.69 Å². The average molecular weight is 248 g/mol. The van der Waals surface area contributed by atoms with Gasteiger partial charge >= 0.3 is 0 Å². The van der Waals surface area contributed by atoms with Crippen molar-refractivity contribution in [2.75, 3.05) is 6.54 Å². The first-order chi connectivity index (χ1) is 8.70. The first-order valence-corrected chi connectivity index (χ1v) is 6.00. The molecule has 1 amide bonds. The van der Waals surface area contributed by atoms with E-state index in [2.05, 4.69) is 15.0 Å². The number of rotatable bonds is 6. The predicted octanol–water partition coefficient (Wildman–Crippen LogP) is 1.20. The van der Waals surface area contributed by atoms with Gasteiger partial charge in [0.1, 0.15) is 12.3 Å². The van der Waals surface area contributed by atoms with Crippen LogP contribution in [-0.2, 0) is 16.1 Å². The first-order valence-electron chi connectivity index (χ1n) is 6.00. The number of hydrogen-bond acceptors (Lipinski definition) is 4. The second kappa shape index (κ2) is 5.62. The molecule has 0 radical (unpaired) electrons. The molecule has 0 saturated heterocycles. The summed E-state index contributed by atoms with van der Waals surface area (Å²) in [6, 6.07) is 3.49. The topological polar surface area (TPSA) is 68.3 Å². The summed E-state index contributed by atoms with van der Waals surface area (Å²) in [6.07, 6.45) is 2.39. The summed E-state index contributed by atoms with van der Waals surface area (Å²) < 4.78 is 4.67. The van der Waals surface area contributed by atoms with Crippen molar-refractivity contribution in [1.29, 1.82) is 0 Å². The monoisotopic (exact) mass is 248 g/mol. The van der Waals surface area contributed by atoms with Gasteiger partial charge in [-0.3, -0.25) is 9.59 Å². The molecule has 0 atom stereocenters. The summed E-state index contributed by atoms with van der Waals surface area (Å²) in [4.78, 5) is 26.2. The van der Waals surface area contributed by atoms with Crippen molar-refractivity contribution >= 4 is 12.4 Å². The second-order valence-corrected chi connectivity index (χ2v) is 4.52. The molecule has 1 aliphatic rings. The maximum Gasteiger partial charge on any atom is 0.293 e. The van der Waals surface area contributed by atoms with E-state index in [1.54, 1.807) is 6.07 Å². The third-order valence-corrected chi connectivity index (χ3v) is 2.97. The van der Waals surface area contributed by atoms with Crippen molar-refractivity contribution in [3.63, 3.8) is 0 Å². The summed E-state index contributed by atoms with van der Waals surface area (Å²) in [5.74, 6) is 0.464. The van der Waals surface area contributed by atoms with Gasteiger partial charge in [-0.25, -0.2) is 4.98 Å². The molecule has 1 N–H and O–H groups in total. The zero-order valence-corrected chi connectivity index (χ0v) is 10.3. The number of amides is 1. The minimum atomic E-state index is -0.172. The van der Waals surface area contributed by atoms with Crippen LogP contribution in [0.3, 0.4) is 0 Å². The van der Waals surface area contributed by atoms with Gasteiger partial charge in [0.2, 0.25) is 0 Å². The fourth-order valence-corrected chi connectivity index (χ4v) is 1.61. The first kappa shape index (κ1) is 12.5. The van der Waals surface area contributed by atoms with E-state index in [-0.39, 0.29) is 12.5 Å². The van der Waals surface area contributed by atoms with Crippen molar-refractivity contribution in [1.82, 2.24) is 10.3 Å². The molecular formula is C13H16N2O3. The number of aryl methyl sites for hydroxylation is 1. The maximum atomic E-state index is 11.8. The fraction of sp³-hybridized carbons (Fsp3) is 0.462. The van der Waals surface area contributed by atoms with Gasteiger partial charge in [-0.05, 0) is 37.3 Å². The fourth-order valence-electron chi connectivity index (χ4n) is 1.61. The highest BCUT2D eigenvalue weighted by Gasteiger charge is 2.22. The van der Waals surface area contributed by atoms with E-state index in [9.17, 15) is 9.59 Å². The normalized spacial score (nSPS) is 14.1. The van der Waals surface area contributed by atoms with Crippen LogP contribution in [0.4, 0.5) is 0 Å². The van der Waals surface area contributed by atoms with E-state index in [4.69, 9.17) is 0 Å². The van der Waals surface area contributed by atoms with E-state index < -0.39 is 0 Å². The number of nitrogens with one attached hydrogen (secondary N) is 1. The number of aromatic nitrogens is 1. The molecule has 5 heteroatoms. The van der Waals surface area contributed by atoms with Crippen LogP contribution in [-0.4, -0.2) is 23.9 Å². The summed E-state index contributed by atoms with van der Waals surface area (Å²) >= 11 is 0. The highest BCUT2D eigenvalue weighted by molar-refractivity contribution is 5.92. The van der Waals surface area contributed by atoms with Crippen LogP contribution in [0.25, 0.3) is 0 Å². The number of ether oxygens (including phenoxy) is 1. The number of carbonyl (C=O) groups excluding carboxylic acids is 2. The van der Waals surface area contributed by atoms with Gasteiger partial charge in [0, 0.05) is 6.54 Å². The highest BCUT2D eigenvalue weighted by atomic mass is 16.5. The Morgan fingerprint density at radius 2 is 2.33 bits per heavy atom. The molecular weight excluding hydrogens is 232 g/mol. The van der Waals surface area contributed by atoms with E-state index in [0.717, 1.165) is 5.56 Å². The van der Waals surface area contributed by atoms with Gasteiger partial charge < -0.3 is 10.1 Å². The lowest BCUT2D eigenvalue weighted by molar-refractivity contribution is -0.129. The Labute approximate surface area is 106 Å². The van der Waals surface area contributed by atoms with E-state index >= 15 is 0 Å². The lowest BCUT2D eigenvalue weighted by Crippen LogP contribution is -2.26. The molecule has 96 valence electrons. The molecule has 1 saturated carbocycles. The van der Waals surface area contributed by atoms with E-state index in [0.29, 0.717) is 30.3 Å². The molecule has 1 aromatic rings. The SMILES string of the molecule is Cc1ccc(C(=O)NCC2CC2)nc1COC=O. The molecule has 0 bridgehead atoms. The summed E-state index contributed by atoms with van der Waals surface area (Å²) in [7, 11) is 0. The van der Waals surface area contributed by atoms with Crippen LogP contribution in [0.15, 0.2) is 12.1 Å². The van der Waals surface area contributed by atoms with Crippen molar-refractivity contribution in [3.8, 4) is 0 Å². The number of hydrogen-bond donors (Lipinski definition) is 1. The standard InChI is InChI=1S/C13H16N2O3/c1-9-2-5-11(15-12(9)7-18-8-16)13(17)14-6-10-3-4-10/h2,5,8,10H,3-4,6-7H2,1H3,(H,14,17). The maximum absolute atomic E-state index is 11.8. The summed E-state index contributed by atoms with van der Waals surface area (Å²) in [5, 5.41) is 2.85. The molecule has 1 fully saturated rings. The molecule has 1 aliphatic carbocycles. The molecule has 1 heterocycles. The van der Waals surface area contributed by atoms with Gasteiger partial charge in [0.15, 0.2) is 0 Å². The lowest BCUT2D eigenvalue weighted by Gasteiger charge is -2.07. The quantitative estimate of drug-likeness (QED) is 0.768. The van der Waals surface area contributed by atoms with Gasteiger partial charge in [-0.15, -0.1) is 0 Å². The Bertz CT molecular complexity index is 456. The third-order valence-electron chi connectivity index (χ3n) is 2.97. The Kier molecular flexibility index (Phi) is 3.92. The van der Waals surface area contributed by atoms with Crippen LogP contribution in [0, 0.1) is 12.8 Å². The van der Waals surface area contributed by atoms with Crippen LogP contribution >= 0.6 is 0 Å². The van der Waals surface area contributed by atoms with Crippen LogP contribution in [0.1, 0.15) is 34.6 Å². The molecule has 1 aromatic heterocycles. The number of nitrogens with zero attached hydrogens (tertiary/aromatic N) is 1. The minimum Gasteiger partial charge on any atom is -0.461 e. The Morgan fingerprint density at radius 1 is 1.56 bits per heavy atom. The molecule has 5 nitrogen and oxygen atoms in total. The Morgan fingerprint density at radius 3 is 3.00 bits per heavy atom. The molecule has 2 rings (SSSR count). The van der Waals surface area contributed by atoms with Gasteiger partial charge in [0.25, 0.3) is 12.4 Å². The number of carbonyl (C=O) groups is 2. The predicted molar refractivity (Wildman–Crippen MR) is 64.9 cm³/mol. The number of pyridine rings is 1. The molecule has 18 heavy (non-hydrogen) atoms. The average Bonchev–Trinajstić information content (AvgIpc) is 3.19. The second-order valence-electron chi connectivity index (χ2n) is 4.52. The third kappa shape index (κ3) is 3.29. The molecule has 0 unspecified atom stereocenters. The van der Waals surface area contributed by atoms with Gasteiger partial charge in [-0.1, -0.05) is 6.07 Å². The van der Waals surface area contributed by atoms with Crippen LogP contribution in [0.2, 0.25) is 0 Å². The lowest BCUT2D eigenvalue weighted by atomic mass is 10.2. The Balaban J connectivity index is 2.01. The Hall–Kier alpha value is -1.91. The van der Waals surface area contributed by atoms with Gasteiger partial charge in [-0.2, -0.15) is 0 Å². The largest absolute Gasteiger partial charge is 0.461 e. The summed E-state index contributed by atoms with van der Waals surface area (Å²) in [5.41, 5.74) is 1.88. The molecule has 0 spiro atoms. The zero-order chi connectivity index (χ0) is 13.0. The van der Waals surface area contributed by atoms with Crippen molar-refractivity contribution < 1.29 is 14.3 Å². The van der Waals surface area contributed by atoms with Crippen molar-refractivity contribution in [2.45, 2.75) is 26.4 Å².